The van der Waals surface area contributed by atoms with Gasteiger partial charge in [0.05, 0.1) is 29.7 Å². The van der Waals surface area contributed by atoms with Crippen molar-refractivity contribution in [3.05, 3.63) is 53.7 Å². The molecule has 1 aliphatic heterocycles. The molecule has 0 spiro atoms. The number of carbonyl (C=O) groups excluding carboxylic acids is 1. The molecule has 2 fully saturated rings. The molecule has 0 radical (unpaired) electrons. The predicted octanol–water partition coefficient (Wildman–Crippen LogP) is 2.96. The summed E-state index contributed by atoms with van der Waals surface area (Å²) in [5.74, 6) is 1.29. The van der Waals surface area contributed by atoms with Crippen LogP contribution in [0.25, 0.3) is 5.52 Å². The van der Waals surface area contributed by atoms with E-state index < -0.39 is 0 Å². The van der Waals surface area contributed by atoms with E-state index in [1.807, 2.05) is 24.4 Å². The lowest BCUT2D eigenvalue weighted by Crippen LogP contribution is -2.47. The topological polar surface area (TPSA) is 75.4 Å². The molecule has 3 aromatic heterocycles. The zero-order valence-electron chi connectivity index (χ0n) is 15.4. The summed E-state index contributed by atoms with van der Waals surface area (Å²) in [6.45, 7) is 1.80. The second-order valence-electron chi connectivity index (χ2n) is 7.65. The number of fused-ring (bicyclic) bond motifs is 1. The van der Waals surface area contributed by atoms with Crippen LogP contribution in [-0.2, 0) is 0 Å². The summed E-state index contributed by atoms with van der Waals surface area (Å²) in [5, 5.41) is 7.99. The third kappa shape index (κ3) is 3.09. The summed E-state index contributed by atoms with van der Waals surface area (Å²) >= 11 is 5.97. The number of piperidine rings is 1. The fraction of sp³-hybridized carbons (Fsp3) is 0.400. The molecule has 1 amide bonds. The van der Waals surface area contributed by atoms with Crippen LogP contribution in [0.2, 0.25) is 5.15 Å². The number of aromatic nitrogens is 4. The lowest BCUT2D eigenvalue weighted by molar-refractivity contribution is 0.0907. The summed E-state index contributed by atoms with van der Waals surface area (Å²) in [6, 6.07) is 5.60. The van der Waals surface area contributed by atoms with Gasteiger partial charge in [0.15, 0.2) is 0 Å². The number of hydrogen-bond donors (Lipinski definition) is 1. The van der Waals surface area contributed by atoms with Gasteiger partial charge < -0.3 is 10.2 Å². The average molecular weight is 397 g/mol. The number of nitrogens with one attached hydrogen (secondary N) is 1. The van der Waals surface area contributed by atoms with E-state index in [4.69, 9.17) is 11.6 Å². The van der Waals surface area contributed by atoms with Crippen LogP contribution in [0.15, 0.2) is 43.0 Å². The number of carbonyl (C=O) groups is 1. The first-order valence-electron chi connectivity index (χ1n) is 9.62. The van der Waals surface area contributed by atoms with Crippen molar-refractivity contribution in [2.24, 2.45) is 5.92 Å². The first kappa shape index (κ1) is 17.4. The fourth-order valence-corrected chi connectivity index (χ4v) is 4.50. The van der Waals surface area contributed by atoms with Crippen molar-refractivity contribution in [3.8, 4) is 0 Å². The van der Waals surface area contributed by atoms with E-state index in [0.29, 0.717) is 16.6 Å². The summed E-state index contributed by atoms with van der Waals surface area (Å²) < 4.78 is 1.74. The van der Waals surface area contributed by atoms with E-state index in [1.165, 1.54) is 0 Å². The molecule has 2 aliphatic rings. The maximum Gasteiger partial charge on any atom is 0.253 e. The van der Waals surface area contributed by atoms with Crippen LogP contribution >= 0.6 is 11.6 Å². The normalized spacial score (nSPS) is 19.0. The van der Waals surface area contributed by atoms with Crippen LogP contribution in [0, 0.1) is 5.92 Å². The second-order valence-corrected chi connectivity index (χ2v) is 8.04. The molecule has 1 aliphatic carbocycles. The molecule has 1 N–H and O–H groups in total. The summed E-state index contributed by atoms with van der Waals surface area (Å²) in [6.07, 6.45) is 11.0. The van der Waals surface area contributed by atoms with Crippen LogP contribution in [0.4, 0.5) is 5.82 Å². The Labute approximate surface area is 167 Å². The van der Waals surface area contributed by atoms with E-state index in [0.717, 1.165) is 50.1 Å². The third-order valence-corrected chi connectivity index (χ3v) is 6.21. The van der Waals surface area contributed by atoms with Gasteiger partial charge in [-0.05, 0) is 49.8 Å². The van der Waals surface area contributed by atoms with Crippen LogP contribution in [0.1, 0.15) is 36.0 Å². The molecule has 28 heavy (non-hydrogen) atoms. The Morgan fingerprint density at radius 3 is 2.79 bits per heavy atom. The molecule has 7 nitrogen and oxygen atoms in total. The van der Waals surface area contributed by atoms with E-state index in [2.05, 4.69) is 25.3 Å². The number of amides is 1. The lowest BCUT2D eigenvalue weighted by Gasteiger charge is -2.37. The van der Waals surface area contributed by atoms with Crippen molar-refractivity contribution >= 4 is 28.8 Å². The number of anilines is 1. The molecule has 1 saturated carbocycles. The Bertz CT molecular complexity index is 1020. The van der Waals surface area contributed by atoms with E-state index in [9.17, 15) is 4.79 Å². The van der Waals surface area contributed by atoms with Crippen molar-refractivity contribution in [1.29, 1.82) is 0 Å². The maximum atomic E-state index is 13.0. The van der Waals surface area contributed by atoms with Gasteiger partial charge in [-0.1, -0.05) is 11.6 Å². The Kier molecular flexibility index (Phi) is 4.19. The lowest BCUT2D eigenvalue weighted by atomic mass is 9.87. The number of pyridine rings is 1. The molecule has 0 unspecified atom stereocenters. The Morgan fingerprint density at radius 2 is 2.04 bits per heavy atom. The molecular weight excluding hydrogens is 376 g/mol. The largest absolute Gasteiger partial charge is 0.355 e. The standard InChI is InChI=1S/C20H21ClN6O/c21-17-12-22-13-18(24-17)26-10-4-14(5-11-26)20(6-7-20)25-19(28)15-2-1-9-27-16(15)3-8-23-27/h1-3,8-9,12-14H,4-7,10-11H2,(H,25,28). The van der Waals surface area contributed by atoms with Crippen molar-refractivity contribution in [3.63, 3.8) is 0 Å². The number of rotatable bonds is 4. The monoisotopic (exact) mass is 396 g/mol. The summed E-state index contributed by atoms with van der Waals surface area (Å²) in [5.41, 5.74) is 1.44. The van der Waals surface area contributed by atoms with Crippen molar-refractivity contribution in [1.82, 2.24) is 24.9 Å². The highest BCUT2D eigenvalue weighted by atomic mass is 35.5. The Morgan fingerprint density at radius 1 is 1.21 bits per heavy atom. The average Bonchev–Trinajstić information content (AvgIpc) is 3.33. The fourth-order valence-electron chi connectivity index (χ4n) is 4.35. The zero-order chi connectivity index (χ0) is 19.1. The summed E-state index contributed by atoms with van der Waals surface area (Å²) in [7, 11) is 0. The van der Waals surface area contributed by atoms with Gasteiger partial charge in [-0.3, -0.25) is 9.78 Å². The third-order valence-electron chi connectivity index (χ3n) is 6.03. The molecule has 144 valence electrons. The van der Waals surface area contributed by atoms with Gasteiger partial charge in [0.2, 0.25) is 0 Å². The number of halogens is 1. The first-order chi connectivity index (χ1) is 13.6. The highest BCUT2D eigenvalue weighted by molar-refractivity contribution is 6.29. The smallest absolute Gasteiger partial charge is 0.253 e. The van der Waals surface area contributed by atoms with Crippen molar-refractivity contribution in [2.75, 3.05) is 18.0 Å². The van der Waals surface area contributed by atoms with Crippen LogP contribution < -0.4 is 10.2 Å². The van der Waals surface area contributed by atoms with Gasteiger partial charge in [-0.15, -0.1) is 0 Å². The molecule has 1 saturated heterocycles. The minimum absolute atomic E-state index is 0.00765. The molecule has 0 bridgehead atoms. The predicted molar refractivity (Wildman–Crippen MR) is 107 cm³/mol. The highest BCUT2D eigenvalue weighted by Crippen LogP contribution is 2.47. The minimum atomic E-state index is -0.0734. The van der Waals surface area contributed by atoms with Crippen molar-refractivity contribution < 1.29 is 4.79 Å². The minimum Gasteiger partial charge on any atom is -0.355 e. The van der Waals surface area contributed by atoms with E-state index in [-0.39, 0.29) is 11.4 Å². The quantitative estimate of drug-likeness (QED) is 0.733. The maximum absolute atomic E-state index is 13.0. The Balaban J connectivity index is 1.27. The van der Waals surface area contributed by atoms with E-state index in [1.54, 1.807) is 23.1 Å². The van der Waals surface area contributed by atoms with Crippen LogP contribution in [0.5, 0.6) is 0 Å². The van der Waals surface area contributed by atoms with Crippen LogP contribution in [0.3, 0.4) is 0 Å². The van der Waals surface area contributed by atoms with Crippen molar-refractivity contribution in [2.45, 2.75) is 31.2 Å². The zero-order valence-corrected chi connectivity index (χ0v) is 16.1. The van der Waals surface area contributed by atoms with Gasteiger partial charge in [-0.2, -0.15) is 5.10 Å². The van der Waals surface area contributed by atoms with Gasteiger partial charge in [0.1, 0.15) is 11.0 Å². The molecule has 4 heterocycles. The van der Waals surface area contributed by atoms with Gasteiger partial charge in [-0.25, -0.2) is 9.50 Å². The molecule has 5 rings (SSSR count). The molecule has 0 atom stereocenters. The van der Waals surface area contributed by atoms with Crippen LogP contribution in [-0.4, -0.2) is 44.1 Å². The molecule has 3 aromatic rings. The Hall–Kier alpha value is -2.67. The highest BCUT2D eigenvalue weighted by Gasteiger charge is 2.51. The second kappa shape index (κ2) is 6.74. The molecular formula is C20H21ClN6O. The number of nitrogens with zero attached hydrogens (tertiary/aromatic N) is 5. The van der Waals surface area contributed by atoms with Gasteiger partial charge >= 0.3 is 0 Å². The summed E-state index contributed by atoms with van der Waals surface area (Å²) in [4.78, 5) is 23.7. The van der Waals surface area contributed by atoms with Gasteiger partial charge in [0, 0.05) is 24.8 Å². The van der Waals surface area contributed by atoms with Gasteiger partial charge in [0.25, 0.3) is 5.91 Å². The SMILES string of the molecule is O=C(NC1(C2CCN(c3cncc(Cl)n3)CC2)CC1)c1cccn2nccc12. The molecule has 8 heteroatoms. The number of hydrogen-bond acceptors (Lipinski definition) is 5. The first-order valence-corrected chi connectivity index (χ1v) is 10.00. The van der Waals surface area contributed by atoms with E-state index >= 15 is 0 Å². The molecule has 0 aromatic carbocycles.